The first-order valence-electron chi connectivity index (χ1n) is 9.78. The molecule has 3 aromatic carbocycles. The molecule has 0 unspecified atom stereocenters. The summed E-state index contributed by atoms with van der Waals surface area (Å²) in [5.41, 5.74) is 5.08. The summed E-state index contributed by atoms with van der Waals surface area (Å²) in [6.45, 7) is 0. The summed E-state index contributed by atoms with van der Waals surface area (Å²) in [7, 11) is -3.78. The van der Waals surface area contributed by atoms with Crippen LogP contribution < -0.4 is 21.2 Å². The molecule has 4 rings (SSSR count). The Morgan fingerprint density at radius 3 is 1.79 bits per heavy atom. The summed E-state index contributed by atoms with van der Waals surface area (Å²) < 4.78 is 22.9. The van der Waals surface area contributed by atoms with Gasteiger partial charge in [-0.05, 0) is 42.0 Å². The average molecular weight is 461 g/mol. The minimum atomic E-state index is -3.78. The molecule has 1 heterocycles. The smallest absolute Gasteiger partial charge is 0.250 e. The van der Waals surface area contributed by atoms with Crippen LogP contribution in [-0.2, 0) is 10.0 Å². The van der Waals surface area contributed by atoms with Gasteiger partial charge in [0, 0.05) is 11.4 Å². The predicted octanol–water partition coefficient (Wildman–Crippen LogP) is 3.45. The van der Waals surface area contributed by atoms with E-state index in [0.717, 1.165) is 11.3 Å². The van der Waals surface area contributed by atoms with Crippen molar-refractivity contribution < 1.29 is 8.42 Å². The Hall–Kier alpha value is -4.35. The number of rotatable bonds is 8. The van der Waals surface area contributed by atoms with Gasteiger partial charge in [-0.2, -0.15) is 20.1 Å². The first-order valence-corrected chi connectivity index (χ1v) is 11.3. The Bertz CT molecular complexity index is 1350. The van der Waals surface area contributed by atoms with Gasteiger partial charge < -0.3 is 10.6 Å². The van der Waals surface area contributed by atoms with Crippen molar-refractivity contribution >= 4 is 45.5 Å². The average Bonchev–Trinajstić information content (AvgIpc) is 2.80. The largest absolute Gasteiger partial charge is 0.324 e. The molecule has 0 saturated heterocycles. The Kier molecular flexibility index (Phi) is 6.53. The second-order valence-electron chi connectivity index (χ2n) is 6.77. The molecule has 166 valence electrons. The highest BCUT2D eigenvalue weighted by Crippen LogP contribution is 2.20. The van der Waals surface area contributed by atoms with Gasteiger partial charge in [0.1, 0.15) is 0 Å². The number of benzene rings is 3. The van der Waals surface area contributed by atoms with Crippen molar-refractivity contribution in [1.29, 1.82) is 0 Å². The molecule has 0 aliphatic carbocycles. The topological polar surface area (TPSA) is 147 Å². The molecule has 0 aliphatic heterocycles. The van der Waals surface area contributed by atoms with E-state index in [4.69, 9.17) is 5.14 Å². The molecule has 33 heavy (non-hydrogen) atoms. The number of nitrogens with one attached hydrogen (secondary N) is 3. The first kappa shape index (κ1) is 21.9. The van der Waals surface area contributed by atoms with Crippen molar-refractivity contribution in [2.75, 3.05) is 16.1 Å². The maximum absolute atomic E-state index is 11.5. The lowest BCUT2D eigenvalue weighted by molar-refractivity contribution is 0.598. The van der Waals surface area contributed by atoms with Gasteiger partial charge in [0.2, 0.25) is 27.9 Å². The molecule has 0 saturated carbocycles. The molecule has 0 radical (unpaired) electrons. The molecule has 5 N–H and O–H groups in total. The summed E-state index contributed by atoms with van der Waals surface area (Å²) in [4.78, 5) is 13.1. The summed E-state index contributed by atoms with van der Waals surface area (Å²) in [5, 5.41) is 15.5. The first-order chi connectivity index (χ1) is 16.0. The number of hydrazone groups is 1. The standard InChI is InChI=1S/C22H20N8O2S/c23-33(31,32)19-13-11-18(12-14-19)26-21-27-20(25-17-9-5-2-6-10-17)28-22(29-21)30-24-15-16-7-3-1-4-8-16/h1-15H,(H2,23,31,32)(H3,25,26,27,28,29,30)/b24-15+. The highest BCUT2D eigenvalue weighted by Gasteiger charge is 2.10. The fourth-order valence-corrected chi connectivity index (χ4v) is 3.26. The van der Waals surface area contributed by atoms with Crippen LogP contribution in [0.25, 0.3) is 0 Å². The SMILES string of the molecule is NS(=O)(=O)c1ccc(Nc2nc(N/N=C/c3ccccc3)nc(Nc3ccccc3)n2)cc1. The third-order valence-corrected chi connectivity index (χ3v) is 5.21. The van der Waals surface area contributed by atoms with Gasteiger partial charge in [-0.1, -0.05) is 48.5 Å². The number of hydrogen-bond donors (Lipinski definition) is 4. The van der Waals surface area contributed by atoms with E-state index in [1.54, 1.807) is 18.3 Å². The van der Waals surface area contributed by atoms with Crippen molar-refractivity contribution in [3.8, 4) is 0 Å². The number of anilines is 5. The summed E-state index contributed by atoms with van der Waals surface area (Å²) in [5.74, 6) is 0.723. The number of para-hydroxylation sites is 1. The molecule has 10 nitrogen and oxygen atoms in total. The van der Waals surface area contributed by atoms with Crippen molar-refractivity contribution in [1.82, 2.24) is 15.0 Å². The molecule has 0 atom stereocenters. The third kappa shape index (κ3) is 6.32. The molecular weight excluding hydrogens is 440 g/mol. The lowest BCUT2D eigenvalue weighted by Gasteiger charge is -2.10. The molecule has 1 aromatic heterocycles. The Morgan fingerprint density at radius 2 is 1.21 bits per heavy atom. The van der Waals surface area contributed by atoms with E-state index in [2.05, 4.69) is 36.1 Å². The number of nitrogens with zero attached hydrogens (tertiary/aromatic N) is 4. The maximum atomic E-state index is 11.5. The summed E-state index contributed by atoms with van der Waals surface area (Å²) >= 11 is 0. The quantitative estimate of drug-likeness (QED) is 0.231. The van der Waals surface area contributed by atoms with Crippen LogP contribution in [0, 0.1) is 0 Å². The van der Waals surface area contributed by atoms with Crippen molar-refractivity contribution in [3.63, 3.8) is 0 Å². The lowest BCUT2D eigenvalue weighted by atomic mass is 10.2. The van der Waals surface area contributed by atoms with E-state index in [1.807, 2.05) is 60.7 Å². The fourth-order valence-electron chi connectivity index (χ4n) is 2.75. The lowest BCUT2D eigenvalue weighted by Crippen LogP contribution is -2.12. The maximum Gasteiger partial charge on any atom is 0.250 e. The highest BCUT2D eigenvalue weighted by molar-refractivity contribution is 7.89. The van der Waals surface area contributed by atoms with Crippen LogP contribution in [0.2, 0.25) is 0 Å². The second-order valence-corrected chi connectivity index (χ2v) is 8.33. The van der Waals surface area contributed by atoms with Crippen molar-refractivity contribution in [3.05, 3.63) is 90.5 Å². The molecule has 11 heteroatoms. The molecule has 0 amide bonds. The molecule has 4 aromatic rings. The minimum Gasteiger partial charge on any atom is -0.324 e. The second kappa shape index (κ2) is 9.85. The van der Waals surface area contributed by atoms with E-state index in [-0.39, 0.29) is 22.7 Å². The predicted molar refractivity (Wildman–Crippen MR) is 128 cm³/mol. The van der Waals surface area contributed by atoms with E-state index in [9.17, 15) is 8.42 Å². The zero-order valence-corrected chi connectivity index (χ0v) is 18.1. The summed E-state index contributed by atoms with van der Waals surface area (Å²) in [6, 6.07) is 24.9. The van der Waals surface area contributed by atoms with Crippen molar-refractivity contribution in [2.24, 2.45) is 10.2 Å². The van der Waals surface area contributed by atoms with Gasteiger partial charge in [-0.15, -0.1) is 0 Å². The van der Waals surface area contributed by atoms with Gasteiger partial charge >= 0.3 is 0 Å². The number of aromatic nitrogens is 3. The number of nitrogens with two attached hydrogens (primary N) is 1. The molecular formula is C22H20N8O2S. The number of hydrogen-bond acceptors (Lipinski definition) is 9. The highest BCUT2D eigenvalue weighted by atomic mass is 32.2. The van der Waals surface area contributed by atoms with E-state index in [1.165, 1.54) is 12.1 Å². The van der Waals surface area contributed by atoms with Gasteiger partial charge in [-0.25, -0.2) is 19.0 Å². The van der Waals surface area contributed by atoms with Crippen LogP contribution in [-0.4, -0.2) is 29.6 Å². The van der Waals surface area contributed by atoms with Gasteiger partial charge in [0.05, 0.1) is 11.1 Å². The van der Waals surface area contributed by atoms with E-state index < -0.39 is 10.0 Å². The van der Waals surface area contributed by atoms with Crippen molar-refractivity contribution in [2.45, 2.75) is 4.90 Å². The Labute approximate surface area is 190 Å². The third-order valence-electron chi connectivity index (χ3n) is 4.28. The van der Waals surface area contributed by atoms with Gasteiger partial charge in [0.15, 0.2) is 0 Å². The Balaban J connectivity index is 1.58. The van der Waals surface area contributed by atoms with E-state index in [0.29, 0.717) is 5.69 Å². The fraction of sp³-hybridized carbons (Fsp3) is 0. The summed E-state index contributed by atoms with van der Waals surface area (Å²) in [6.07, 6.45) is 1.65. The zero-order valence-electron chi connectivity index (χ0n) is 17.3. The number of primary sulfonamides is 1. The van der Waals surface area contributed by atoms with Crippen LogP contribution in [0.1, 0.15) is 5.56 Å². The van der Waals surface area contributed by atoms with Crippen LogP contribution in [0.4, 0.5) is 29.2 Å². The molecule has 0 spiro atoms. The van der Waals surface area contributed by atoms with Crippen LogP contribution in [0.3, 0.4) is 0 Å². The Morgan fingerprint density at radius 1 is 0.697 bits per heavy atom. The van der Waals surface area contributed by atoms with Gasteiger partial charge in [0.25, 0.3) is 0 Å². The molecule has 0 bridgehead atoms. The molecule has 0 fully saturated rings. The zero-order chi connectivity index (χ0) is 23.1. The normalized spacial score (nSPS) is 11.3. The number of sulfonamides is 1. The van der Waals surface area contributed by atoms with Crippen LogP contribution >= 0.6 is 0 Å². The minimum absolute atomic E-state index is 0.00716. The monoisotopic (exact) mass is 460 g/mol. The molecule has 0 aliphatic rings. The van der Waals surface area contributed by atoms with Crippen LogP contribution in [0.5, 0.6) is 0 Å². The van der Waals surface area contributed by atoms with Crippen LogP contribution in [0.15, 0.2) is 94.9 Å². The van der Waals surface area contributed by atoms with Gasteiger partial charge in [-0.3, -0.25) is 0 Å². The van der Waals surface area contributed by atoms with E-state index >= 15 is 0 Å².